The molecule has 18 heavy (non-hydrogen) atoms. The zero-order valence-electron chi connectivity index (χ0n) is 11.1. The van der Waals surface area contributed by atoms with Crippen molar-refractivity contribution in [2.45, 2.75) is 51.5 Å². The third-order valence-electron chi connectivity index (χ3n) is 4.48. The largest absolute Gasteiger partial charge is 0.368 e. The van der Waals surface area contributed by atoms with E-state index in [1.54, 1.807) is 0 Å². The SMILES string of the molecule is Cc1cnc(N)nc1N1CCCC1C1CCCC1. The van der Waals surface area contributed by atoms with Crippen molar-refractivity contribution < 1.29 is 0 Å². The fourth-order valence-corrected chi connectivity index (χ4v) is 3.62. The van der Waals surface area contributed by atoms with E-state index >= 15 is 0 Å². The lowest BCUT2D eigenvalue weighted by Crippen LogP contribution is -2.35. The number of hydrogen-bond donors (Lipinski definition) is 1. The van der Waals surface area contributed by atoms with E-state index in [0.29, 0.717) is 12.0 Å². The molecule has 0 radical (unpaired) electrons. The zero-order valence-corrected chi connectivity index (χ0v) is 11.1. The van der Waals surface area contributed by atoms with Gasteiger partial charge in [0.05, 0.1) is 0 Å². The summed E-state index contributed by atoms with van der Waals surface area (Å²) in [4.78, 5) is 11.0. The Hall–Kier alpha value is -1.32. The molecular weight excluding hydrogens is 224 g/mol. The van der Waals surface area contributed by atoms with Gasteiger partial charge in [-0.2, -0.15) is 4.98 Å². The van der Waals surface area contributed by atoms with Gasteiger partial charge in [0, 0.05) is 24.3 Å². The van der Waals surface area contributed by atoms with Crippen LogP contribution in [0, 0.1) is 12.8 Å². The number of rotatable bonds is 2. The second kappa shape index (κ2) is 4.75. The maximum Gasteiger partial charge on any atom is 0.221 e. The van der Waals surface area contributed by atoms with Crippen molar-refractivity contribution in [3.05, 3.63) is 11.8 Å². The highest BCUT2D eigenvalue weighted by Crippen LogP contribution is 2.37. The second-order valence-electron chi connectivity index (χ2n) is 5.68. The van der Waals surface area contributed by atoms with Crippen molar-refractivity contribution in [3.8, 4) is 0 Å². The van der Waals surface area contributed by atoms with E-state index < -0.39 is 0 Å². The summed E-state index contributed by atoms with van der Waals surface area (Å²) in [7, 11) is 0. The second-order valence-corrected chi connectivity index (χ2v) is 5.68. The average Bonchev–Trinajstić information content (AvgIpc) is 3.00. The third-order valence-corrected chi connectivity index (χ3v) is 4.48. The van der Waals surface area contributed by atoms with Crippen LogP contribution in [0.1, 0.15) is 44.1 Å². The van der Waals surface area contributed by atoms with Gasteiger partial charge in [0.2, 0.25) is 5.95 Å². The van der Waals surface area contributed by atoms with Crippen LogP contribution in [-0.4, -0.2) is 22.6 Å². The minimum Gasteiger partial charge on any atom is -0.368 e. The summed E-state index contributed by atoms with van der Waals surface area (Å²) < 4.78 is 0. The van der Waals surface area contributed by atoms with E-state index in [2.05, 4.69) is 21.8 Å². The maximum atomic E-state index is 5.75. The quantitative estimate of drug-likeness (QED) is 0.871. The lowest BCUT2D eigenvalue weighted by atomic mass is 9.96. The molecule has 2 heterocycles. The summed E-state index contributed by atoms with van der Waals surface area (Å²) in [6, 6.07) is 0.681. The Balaban J connectivity index is 1.87. The average molecular weight is 246 g/mol. The first-order chi connectivity index (χ1) is 8.75. The minimum absolute atomic E-state index is 0.396. The summed E-state index contributed by atoms with van der Waals surface area (Å²) in [5.41, 5.74) is 6.89. The van der Waals surface area contributed by atoms with Gasteiger partial charge >= 0.3 is 0 Å². The first-order valence-corrected chi connectivity index (χ1v) is 7.11. The Morgan fingerprint density at radius 3 is 2.78 bits per heavy atom. The summed E-state index contributed by atoms with van der Waals surface area (Å²) in [6.45, 7) is 3.21. The predicted octanol–water partition coefficient (Wildman–Crippen LogP) is 2.53. The van der Waals surface area contributed by atoms with Crippen LogP contribution in [0.25, 0.3) is 0 Å². The molecule has 1 aliphatic carbocycles. The summed E-state index contributed by atoms with van der Waals surface area (Å²) in [5, 5.41) is 0. The van der Waals surface area contributed by atoms with Crippen molar-refractivity contribution in [2.75, 3.05) is 17.2 Å². The highest BCUT2D eigenvalue weighted by molar-refractivity contribution is 5.50. The van der Waals surface area contributed by atoms with Crippen LogP contribution in [0.3, 0.4) is 0 Å². The van der Waals surface area contributed by atoms with Crippen molar-refractivity contribution in [1.29, 1.82) is 0 Å². The van der Waals surface area contributed by atoms with Crippen LogP contribution in [0.2, 0.25) is 0 Å². The van der Waals surface area contributed by atoms with Crippen LogP contribution >= 0.6 is 0 Å². The topological polar surface area (TPSA) is 55.0 Å². The van der Waals surface area contributed by atoms with Gasteiger partial charge in [-0.3, -0.25) is 0 Å². The molecule has 4 heteroatoms. The van der Waals surface area contributed by atoms with Crippen LogP contribution in [-0.2, 0) is 0 Å². The van der Waals surface area contributed by atoms with E-state index in [1.807, 2.05) is 6.20 Å². The maximum absolute atomic E-state index is 5.75. The molecule has 1 aromatic rings. The number of aryl methyl sites for hydroxylation is 1. The molecule has 0 aromatic carbocycles. The van der Waals surface area contributed by atoms with Gasteiger partial charge in [0.15, 0.2) is 0 Å². The van der Waals surface area contributed by atoms with Gasteiger partial charge in [-0.05, 0) is 38.5 Å². The highest BCUT2D eigenvalue weighted by atomic mass is 15.3. The van der Waals surface area contributed by atoms with Gasteiger partial charge in [-0.25, -0.2) is 4.98 Å². The molecule has 2 aliphatic rings. The fraction of sp³-hybridized carbons (Fsp3) is 0.714. The molecule has 1 unspecified atom stereocenters. The number of hydrogen-bond acceptors (Lipinski definition) is 4. The molecule has 1 saturated carbocycles. The molecule has 4 nitrogen and oxygen atoms in total. The number of nitrogens with zero attached hydrogens (tertiary/aromatic N) is 3. The number of nitrogen functional groups attached to an aromatic ring is 1. The Morgan fingerprint density at radius 1 is 1.22 bits per heavy atom. The molecule has 0 amide bonds. The molecule has 2 fully saturated rings. The highest BCUT2D eigenvalue weighted by Gasteiger charge is 2.34. The molecule has 1 atom stereocenters. The molecule has 3 rings (SSSR count). The molecular formula is C14H22N4. The molecule has 1 aromatic heterocycles. The molecule has 98 valence electrons. The van der Waals surface area contributed by atoms with Crippen molar-refractivity contribution >= 4 is 11.8 Å². The third kappa shape index (κ3) is 2.04. The van der Waals surface area contributed by atoms with E-state index in [0.717, 1.165) is 23.8 Å². The smallest absolute Gasteiger partial charge is 0.221 e. The first-order valence-electron chi connectivity index (χ1n) is 7.11. The zero-order chi connectivity index (χ0) is 12.5. The first kappa shape index (κ1) is 11.8. The predicted molar refractivity (Wildman–Crippen MR) is 73.5 cm³/mol. The van der Waals surface area contributed by atoms with Gasteiger partial charge in [0.1, 0.15) is 5.82 Å². The van der Waals surface area contributed by atoms with Crippen LogP contribution in [0.15, 0.2) is 6.20 Å². The van der Waals surface area contributed by atoms with Crippen molar-refractivity contribution in [2.24, 2.45) is 5.92 Å². The van der Waals surface area contributed by atoms with Crippen LogP contribution in [0.5, 0.6) is 0 Å². The standard InChI is InChI=1S/C14H22N4/c1-10-9-16-14(15)17-13(10)18-8-4-7-12(18)11-5-2-3-6-11/h9,11-12H,2-8H2,1H3,(H2,15,16,17). The fourth-order valence-electron chi connectivity index (χ4n) is 3.62. The monoisotopic (exact) mass is 246 g/mol. The molecule has 2 N–H and O–H groups in total. The number of anilines is 2. The molecule has 0 spiro atoms. The van der Waals surface area contributed by atoms with E-state index in [9.17, 15) is 0 Å². The molecule has 1 aliphatic heterocycles. The van der Waals surface area contributed by atoms with Crippen molar-refractivity contribution in [3.63, 3.8) is 0 Å². The minimum atomic E-state index is 0.396. The Labute approximate surface area is 109 Å². The van der Waals surface area contributed by atoms with Gasteiger partial charge in [0.25, 0.3) is 0 Å². The summed E-state index contributed by atoms with van der Waals surface area (Å²) in [6.07, 6.45) is 10.0. The van der Waals surface area contributed by atoms with Crippen molar-refractivity contribution in [1.82, 2.24) is 9.97 Å². The van der Waals surface area contributed by atoms with E-state index in [1.165, 1.54) is 38.5 Å². The lowest BCUT2D eigenvalue weighted by molar-refractivity contribution is 0.429. The Morgan fingerprint density at radius 2 is 2.00 bits per heavy atom. The Kier molecular flexibility index (Phi) is 3.10. The normalized spacial score (nSPS) is 24.9. The summed E-state index contributed by atoms with van der Waals surface area (Å²) >= 11 is 0. The van der Waals surface area contributed by atoms with Gasteiger partial charge in [-0.15, -0.1) is 0 Å². The molecule has 1 saturated heterocycles. The van der Waals surface area contributed by atoms with Crippen LogP contribution < -0.4 is 10.6 Å². The Bertz CT molecular complexity index is 426. The lowest BCUT2D eigenvalue weighted by Gasteiger charge is -2.31. The van der Waals surface area contributed by atoms with Gasteiger partial charge in [-0.1, -0.05) is 12.8 Å². The summed E-state index contributed by atoms with van der Waals surface area (Å²) in [5.74, 6) is 2.33. The van der Waals surface area contributed by atoms with E-state index in [4.69, 9.17) is 5.73 Å². The number of nitrogens with two attached hydrogens (primary N) is 1. The van der Waals surface area contributed by atoms with Crippen LogP contribution in [0.4, 0.5) is 11.8 Å². The van der Waals surface area contributed by atoms with Gasteiger partial charge < -0.3 is 10.6 Å². The number of aromatic nitrogens is 2. The molecule has 0 bridgehead atoms. The van der Waals surface area contributed by atoms with E-state index in [-0.39, 0.29) is 0 Å².